The first-order chi connectivity index (χ1) is 12.1. The second kappa shape index (κ2) is 6.45. The Kier molecular flexibility index (Phi) is 4.14. The summed E-state index contributed by atoms with van der Waals surface area (Å²) in [4.78, 5) is 12.0. The Bertz CT molecular complexity index is 881. The molecule has 0 bridgehead atoms. The van der Waals surface area contributed by atoms with E-state index in [0.717, 1.165) is 41.2 Å². The molecule has 25 heavy (non-hydrogen) atoms. The lowest BCUT2D eigenvalue weighted by Gasteiger charge is -2.35. The summed E-state index contributed by atoms with van der Waals surface area (Å²) in [5.74, 6) is 0.788. The highest BCUT2D eigenvalue weighted by Crippen LogP contribution is 2.29. The maximum absolute atomic E-state index is 5.86. The van der Waals surface area contributed by atoms with Crippen molar-refractivity contribution in [3.63, 3.8) is 0 Å². The summed E-state index contributed by atoms with van der Waals surface area (Å²) < 4.78 is 5.86. The molecule has 4 rings (SSSR count). The Labute approximate surface area is 148 Å². The van der Waals surface area contributed by atoms with Gasteiger partial charge in [-0.3, -0.25) is 0 Å². The van der Waals surface area contributed by atoms with Crippen LogP contribution in [0.15, 0.2) is 48.5 Å². The van der Waals surface area contributed by atoms with Crippen molar-refractivity contribution in [2.45, 2.75) is 33.0 Å². The van der Waals surface area contributed by atoms with Crippen molar-refractivity contribution >= 4 is 16.9 Å². The number of aromatic nitrogens is 2. The summed E-state index contributed by atoms with van der Waals surface area (Å²) in [5, 5.41) is 1.09. The van der Waals surface area contributed by atoms with E-state index in [2.05, 4.69) is 62.1 Å². The van der Waals surface area contributed by atoms with Gasteiger partial charge in [-0.15, -0.1) is 0 Å². The monoisotopic (exact) mass is 333 g/mol. The number of nitrogens with zero attached hydrogens (tertiary/aromatic N) is 3. The number of ether oxygens (including phenoxy) is 1. The van der Waals surface area contributed by atoms with Gasteiger partial charge in [0, 0.05) is 24.0 Å². The minimum Gasteiger partial charge on any atom is -0.372 e. The van der Waals surface area contributed by atoms with Crippen molar-refractivity contribution in [1.29, 1.82) is 0 Å². The normalized spacial score (nSPS) is 20.8. The smallest absolute Gasteiger partial charge is 0.226 e. The average molecular weight is 333 g/mol. The van der Waals surface area contributed by atoms with Crippen molar-refractivity contribution in [3.05, 3.63) is 54.1 Å². The van der Waals surface area contributed by atoms with E-state index >= 15 is 0 Å². The van der Waals surface area contributed by atoms with Crippen LogP contribution in [0.3, 0.4) is 0 Å². The molecule has 1 saturated heterocycles. The number of rotatable bonds is 2. The zero-order chi connectivity index (χ0) is 17.4. The van der Waals surface area contributed by atoms with Gasteiger partial charge in [0.1, 0.15) is 0 Å². The molecule has 0 spiro atoms. The van der Waals surface area contributed by atoms with Gasteiger partial charge in [-0.1, -0.05) is 48.0 Å². The van der Waals surface area contributed by atoms with Crippen LogP contribution in [-0.2, 0) is 4.74 Å². The third-order valence-electron chi connectivity index (χ3n) is 4.62. The topological polar surface area (TPSA) is 38.2 Å². The molecule has 4 nitrogen and oxygen atoms in total. The third-order valence-corrected chi connectivity index (χ3v) is 4.62. The molecule has 128 valence electrons. The quantitative estimate of drug-likeness (QED) is 0.704. The molecule has 0 radical (unpaired) electrons. The van der Waals surface area contributed by atoms with Crippen molar-refractivity contribution in [3.8, 4) is 11.3 Å². The average Bonchev–Trinajstić information content (AvgIpc) is 2.61. The highest BCUT2D eigenvalue weighted by Gasteiger charge is 2.25. The minimum absolute atomic E-state index is 0.182. The lowest BCUT2D eigenvalue weighted by atomic mass is 10.1. The molecule has 2 heterocycles. The molecule has 0 N–H and O–H groups in total. The van der Waals surface area contributed by atoms with Crippen molar-refractivity contribution < 1.29 is 4.74 Å². The predicted molar refractivity (Wildman–Crippen MR) is 102 cm³/mol. The Morgan fingerprint density at radius 2 is 1.60 bits per heavy atom. The number of anilines is 1. The molecule has 2 atom stereocenters. The van der Waals surface area contributed by atoms with E-state index in [1.165, 1.54) is 5.56 Å². The van der Waals surface area contributed by atoms with Crippen molar-refractivity contribution in [2.75, 3.05) is 18.0 Å². The molecule has 1 fully saturated rings. The lowest BCUT2D eigenvalue weighted by molar-refractivity contribution is -0.00569. The summed E-state index contributed by atoms with van der Waals surface area (Å²) in [5.41, 5.74) is 4.35. The molecule has 0 unspecified atom stereocenters. The fourth-order valence-electron chi connectivity index (χ4n) is 3.48. The number of aryl methyl sites for hydroxylation is 1. The van der Waals surface area contributed by atoms with Gasteiger partial charge in [0.05, 0.1) is 23.4 Å². The molecule has 1 aromatic heterocycles. The van der Waals surface area contributed by atoms with Crippen LogP contribution in [0.4, 0.5) is 5.95 Å². The number of fused-ring (bicyclic) bond motifs is 1. The number of para-hydroxylation sites is 1. The second-order valence-electron chi connectivity index (χ2n) is 6.92. The van der Waals surface area contributed by atoms with Crippen LogP contribution in [0.1, 0.15) is 19.4 Å². The SMILES string of the molecule is Cc1ccc(-c2nc(N3C[C@H](C)O[C@@H](C)C3)nc3ccccc23)cc1. The maximum Gasteiger partial charge on any atom is 0.226 e. The predicted octanol–water partition coefficient (Wildman–Crippen LogP) is 4.22. The molecule has 0 amide bonds. The molecule has 1 aliphatic heterocycles. The van der Waals surface area contributed by atoms with Gasteiger partial charge in [0.25, 0.3) is 0 Å². The molecule has 4 heteroatoms. The zero-order valence-corrected chi connectivity index (χ0v) is 14.9. The molecular formula is C21H23N3O. The van der Waals surface area contributed by atoms with Crippen LogP contribution >= 0.6 is 0 Å². The summed E-state index contributed by atoms with van der Waals surface area (Å²) in [6.07, 6.45) is 0.364. The van der Waals surface area contributed by atoms with Gasteiger partial charge in [0.2, 0.25) is 5.95 Å². The molecule has 0 aliphatic carbocycles. The van der Waals surface area contributed by atoms with Gasteiger partial charge in [0.15, 0.2) is 0 Å². The summed E-state index contributed by atoms with van der Waals surface area (Å²) >= 11 is 0. The Morgan fingerprint density at radius 1 is 0.920 bits per heavy atom. The van der Waals surface area contributed by atoms with Gasteiger partial charge < -0.3 is 9.64 Å². The van der Waals surface area contributed by atoms with Gasteiger partial charge in [-0.2, -0.15) is 0 Å². The van der Waals surface area contributed by atoms with E-state index in [0.29, 0.717) is 0 Å². The number of morpholine rings is 1. The van der Waals surface area contributed by atoms with Crippen LogP contribution in [0, 0.1) is 6.92 Å². The summed E-state index contributed by atoms with van der Waals surface area (Å²) in [6, 6.07) is 16.8. The fourth-order valence-corrected chi connectivity index (χ4v) is 3.48. The van der Waals surface area contributed by atoms with Crippen LogP contribution in [0.5, 0.6) is 0 Å². The van der Waals surface area contributed by atoms with Gasteiger partial charge >= 0.3 is 0 Å². The van der Waals surface area contributed by atoms with E-state index in [1.807, 2.05) is 12.1 Å². The molecule has 0 saturated carbocycles. The number of benzene rings is 2. The summed E-state index contributed by atoms with van der Waals surface area (Å²) in [7, 11) is 0. The lowest BCUT2D eigenvalue weighted by Crippen LogP contribution is -2.46. The Morgan fingerprint density at radius 3 is 2.32 bits per heavy atom. The van der Waals surface area contributed by atoms with Crippen LogP contribution in [-0.4, -0.2) is 35.3 Å². The number of hydrogen-bond donors (Lipinski definition) is 0. The molecule has 2 aromatic carbocycles. The van der Waals surface area contributed by atoms with Crippen molar-refractivity contribution in [2.24, 2.45) is 0 Å². The first-order valence-electron chi connectivity index (χ1n) is 8.84. The minimum atomic E-state index is 0.182. The highest BCUT2D eigenvalue weighted by molar-refractivity contribution is 5.93. The zero-order valence-electron chi connectivity index (χ0n) is 14.9. The van der Waals surface area contributed by atoms with Gasteiger partial charge in [-0.05, 0) is 26.8 Å². The Balaban J connectivity index is 1.85. The van der Waals surface area contributed by atoms with Crippen molar-refractivity contribution in [1.82, 2.24) is 9.97 Å². The maximum atomic E-state index is 5.86. The van der Waals surface area contributed by atoms with Crippen LogP contribution in [0.25, 0.3) is 22.2 Å². The van der Waals surface area contributed by atoms with Gasteiger partial charge in [-0.25, -0.2) is 9.97 Å². The fraction of sp³-hybridized carbons (Fsp3) is 0.333. The standard InChI is InChI=1S/C21H23N3O/c1-14-8-10-17(11-9-14)20-18-6-4-5-7-19(18)22-21(23-20)24-12-15(2)25-16(3)13-24/h4-11,15-16H,12-13H2,1-3H3/t15-,16-/m0/s1. The van der Waals surface area contributed by atoms with E-state index < -0.39 is 0 Å². The van der Waals surface area contributed by atoms with Crippen LogP contribution < -0.4 is 4.90 Å². The first-order valence-corrected chi connectivity index (χ1v) is 8.84. The van der Waals surface area contributed by atoms with E-state index in [-0.39, 0.29) is 12.2 Å². The second-order valence-corrected chi connectivity index (χ2v) is 6.92. The largest absolute Gasteiger partial charge is 0.372 e. The van der Waals surface area contributed by atoms with Crippen LogP contribution in [0.2, 0.25) is 0 Å². The molecule has 1 aliphatic rings. The molecular weight excluding hydrogens is 310 g/mol. The van der Waals surface area contributed by atoms with E-state index in [4.69, 9.17) is 14.7 Å². The third kappa shape index (κ3) is 3.22. The van der Waals surface area contributed by atoms with E-state index in [9.17, 15) is 0 Å². The Hall–Kier alpha value is -2.46. The molecule has 3 aromatic rings. The highest BCUT2D eigenvalue weighted by atomic mass is 16.5. The number of hydrogen-bond acceptors (Lipinski definition) is 4. The summed E-state index contributed by atoms with van der Waals surface area (Å²) in [6.45, 7) is 7.94. The van der Waals surface area contributed by atoms with E-state index in [1.54, 1.807) is 0 Å². The first kappa shape index (κ1) is 16.0.